The molecule has 0 saturated heterocycles. The average Bonchev–Trinajstić information content (AvgIpc) is 2.95. The smallest absolute Gasteiger partial charge is 0.201 e. The summed E-state index contributed by atoms with van der Waals surface area (Å²) in [5.74, 6) is -0.0673. The van der Waals surface area contributed by atoms with Crippen molar-refractivity contribution in [3.8, 4) is 28.0 Å². The number of allylic oxidation sites excluding steroid dienone is 4. The first-order valence-corrected chi connectivity index (χ1v) is 13.7. The van der Waals surface area contributed by atoms with Crippen LogP contribution in [0.5, 0.6) is 5.75 Å². The van der Waals surface area contributed by atoms with Gasteiger partial charge in [-0.1, -0.05) is 54.6 Å². The molecule has 0 aliphatic heterocycles. The maximum Gasteiger partial charge on any atom is 0.201 e. The van der Waals surface area contributed by atoms with E-state index in [0.717, 1.165) is 36.2 Å². The Balaban J connectivity index is 1.26. The second-order valence-corrected chi connectivity index (χ2v) is 10.7. The third-order valence-corrected chi connectivity index (χ3v) is 8.51. The topological polar surface area (TPSA) is 9.23 Å². The molecule has 38 heavy (non-hydrogen) atoms. The van der Waals surface area contributed by atoms with Crippen LogP contribution in [-0.2, 0) is 0 Å². The van der Waals surface area contributed by atoms with E-state index in [0.29, 0.717) is 16.7 Å². The summed E-state index contributed by atoms with van der Waals surface area (Å²) < 4.78 is 48.7. The minimum Gasteiger partial charge on any atom is -0.494 e. The van der Waals surface area contributed by atoms with Crippen molar-refractivity contribution < 1.29 is 17.9 Å². The van der Waals surface area contributed by atoms with Crippen LogP contribution < -0.4 is 4.74 Å². The first kappa shape index (κ1) is 26.3. The van der Waals surface area contributed by atoms with E-state index >= 15 is 4.39 Å². The summed E-state index contributed by atoms with van der Waals surface area (Å²) in [6, 6.07) is 15.2. The van der Waals surface area contributed by atoms with Gasteiger partial charge in [-0.15, -0.1) is 0 Å². The number of ether oxygens (including phenoxy) is 1. The van der Waals surface area contributed by atoms with E-state index in [1.165, 1.54) is 56.9 Å². The van der Waals surface area contributed by atoms with Crippen LogP contribution in [0.25, 0.3) is 27.8 Å². The van der Waals surface area contributed by atoms with E-state index in [4.69, 9.17) is 4.74 Å². The van der Waals surface area contributed by atoms with Crippen molar-refractivity contribution in [1.82, 2.24) is 0 Å². The average molecular weight is 517 g/mol. The third-order valence-electron chi connectivity index (χ3n) is 8.51. The Morgan fingerprint density at radius 3 is 2.00 bits per heavy atom. The van der Waals surface area contributed by atoms with Crippen molar-refractivity contribution in [1.29, 1.82) is 0 Å². The molecule has 1 fully saturated rings. The molecular weight excluding hydrogens is 481 g/mol. The van der Waals surface area contributed by atoms with Crippen LogP contribution >= 0.6 is 0 Å². The number of hydrogen-bond donors (Lipinski definition) is 0. The zero-order chi connectivity index (χ0) is 26.6. The standard InChI is InChI=1S/C34H35F3O/c1-3-4-22-5-7-23(8-6-22)24-9-11-25(12-10-24)28-17-18-29(31(35)21-28)26-13-15-27(16-14-26)30-19-20-32(38-2)34(37)33(30)36/h3-4,11,13-24H,5-10,12H2,1-2H3/b4-3+. The van der Waals surface area contributed by atoms with Crippen LogP contribution in [0.2, 0.25) is 0 Å². The van der Waals surface area contributed by atoms with Gasteiger partial charge in [-0.25, -0.2) is 8.78 Å². The van der Waals surface area contributed by atoms with E-state index in [1.807, 2.05) is 12.1 Å². The first-order chi connectivity index (χ1) is 18.5. The summed E-state index contributed by atoms with van der Waals surface area (Å²) in [6.45, 7) is 2.11. The largest absolute Gasteiger partial charge is 0.494 e. The van der Waals surface area contributed by atoms with Crippen molar-refractivity contribution in [3.05, 3.63) is 95.8 Å². The second-order valence-electron chi connectivity index (χ2n) is 10.7. The minimum atomic E-state index is -1.02. The molecule has 0 radical (unpaired) electrons. The molecule has 0 amide bonds. The quantitative estimate of drug-likeness (QED) is 0.296. The minimum absolute atomic E-state index is 0.138. The van der Waals surface area contributed by atoms with E-state index < -0.39 is 11.6 Å². The van der Waals surface area contributed by atoms with Crippen molar-refractivity contribution in [3.63, 3.8) is 0 Å². The van der Waals surface area contributed by atoms with Crippen molar-refractivity contribution >= 4 is 5.57 Å². The second kappa shape index (κ2) is 11.6. The SMILES string of the molecule is C/C=C/C1CCC(C2CC=C(c3ccc(-c4ccc(-c5ccc(OC)c(F)c5F)cc4)c(F)c3)CC2)CC1. The van der Waals surface area contributed by atoms with Crippen LogP contribution in [0.4, 0.5) is 13.2 Å². The summed E-state index contributed by atoms with van der Waals surface area (Å²) in [7, 11) is 1.30. The Kier molecular flexibility index (Phi) is 8.06. The summed E-state index contributed by atoms with van der Waals surface area (Å²) in [6.07, 6.45) is 15.4. The number of benzene rings is 3. The molecule has 0 heterocycles. The van der Waals surface area contributed by atoms with Gasteiger partial charge in [0, 0.05) is 11.1 Å². The van der Waals surface area contributed by atoms with Gasteiger partial charge in [0.25, 0.3) is 0 Å². The predicted octanol–water partition coefficient (Wildman–Crippen LogP) is 10.0. The molecule has 0 N–H and O–H groups in total. The normalized spacial score (nSPS) is 21.9. The van der Waals surface area contributed by atoms with Crippen LogP contribution in [0.15, 0.2) is 72.8 Å². The molecule has 1 nitrogen and oxygen atoms in total. The Labute approximate surface area is 224 Å². The van der Waals surface area contributed by atoms with Crippen LogP contribution in [0.1, 0.15) is 57.4 Å². The molecule has 1 atom stereocenters. The Bertz CT molecular complexity index is 1330. The van der Waals surface area contributed by atoms with Crippen LogP contribution in [0.3, 0.4) is 0 Å². The molecule has 1 saturated carbocycles. The molecule has 0 spiro atoms. The molecule has 3 aromatic carbocycles. The summed E-state index contributed by atoms with van der Waals surface area (Å²) in [5, 5.41) is 0. The molecule has 2 aliphatic rings. The molecular formula is C34H35F3O. The van der Waals surface area contributed by atoms with E-state index in [1.54, 1.807) is 30.3 Å². The van der Waals surface area contributed by atoms with E-state index in [9.17, 15) is 8.78 Å². The maximum absolute atomic E-state index is 15.2. The van der Waals surface area contributed by atoms with Gasteiger partial charge in [0.15, 0.2) is 11.6 Å². The van der Waals surface area contributed by atoms with Gasteiger partial charge in [0.1, 0.15) is 5.82 Å². The lowest BCUT2D eigenvalue weighted by molar-refractivity contribution is 0.212. The van der Waals surface area contributed by atoms with Crippen molar-refractivity contribution in [2.45, 2.75) is 51.9 Å². The van der Waals surface area contributed by atoms with Gasteiger partial charge in [-0.3, -0.25) is 0 Å². The van der Waals surface area contributed by atoms with Crippen LogP contribution in [0, 0.1) is 35.2 Å². The van der Waals surface area contributed by atoms with Crippen molar-refractivity contribution in [2.24, 2.45) is 17.8 Å². The van der Waals surface area contributed by atoms with Gasteiger partial charge < -0.3 is 4.74 Å². The lowest BCUT2D eigenvalue weighted by Gasteiger charge is -2.34. The highest BCUT2D eigenvalue weighted by Gasteiger charge is 2.28. The van der Waals surface area contributed by atoms with Gasteiger partial charge >= 0.3 is 0 Å². The predicted molar refractivity (Wildman–Crippen MR) is 149 cm³/mol. The summed E-state index contributed by atoms with van der Waals surface area (Å²) in [5.41, 5.74) is 4.03. The van der Waals surface area contributed by atoms with Crippen LogP contribution in [-0.4, -0.2) is 7.11 Å². The fourth-order valence-corrected chi connectivity index (χ4v) is 6.32. The number of hydrogen-bond acceptors (Lipinski definition) is 1. The highest BCUT2D eigenvalue weighted by Crippen LogP contribution is 2.42. The van der Waals surface area contributed by atoms with Gasteiger partial charge in [0.05, 0.1) is 7.11 Å². The van der Waals surface area contributed by atoms with E-state index in [2.05, 4.69) is 25.2 Å². The molecule has 4 heteroatoms. The zero-order valence-corrected chi connectivity index (χ0v) is 22.2. The lowest BCUT2D eigenvalue weighted by atomic mass is 9.71. The van der Waals surface area contributed by atoms with Gasteiger partial charge in [-0.2, -0.15) is 4.39 Å². The molecule has 0 bridgehead atoms. The maximum atomic E-state index is 15.2. The fourth-order valence-electron chi connectivity index (χ4n) is 6.32. The molecule has 5 rings (SSSR count). The Morgan fingerprint density at radius 2 is 1.39 bits per heavy atom. The number of methoxy groups -OCH3 is 1. The molecule has 198 valence electrons. The van der Waals surface area contributed by atoms with Gasteiger partial charge in [-0.05, 0) is 110 Å². The molecule has 0 aromatic heterocycles. The molecule has 1 unspecified atom stereocenters. The summed E-state index contributed by atoms with van der Waals surface area (Å²) in [4.78, 5) is 0. The Morgan fingerprint density at radius 1 is 0.737 bits per heavy atom. The zero-order valence-electron chi connectivity index (χ0n) is 22.2. The highest BCUT2D eigenvalue weighted by atomic mass is 19.2. The van der Waals surface area contributed by atoms with Crippen molar-refractivity contribution in [2.75, 3.05) is 7.11 Å². The van der Waals surface area contributed by atoms with E-state index in [-0.39, 0.29) is 17.1 Å². The fraction of sp³-hybridized carbons (Fsp3) is 0.353. The monoisotopic (exact) mass is 516 g/mol. The van der Waals surface area contributed by atoms with Gasteiger partial charge in [0.2, 0.25) is 5.82 Å². The summed E-state index contributed by atoms with van der Waals surface area (Å²) >= 11 is 0. The highest BCUT2D eigenvalue weighted by molar-refractivity contribution is 5.74. The third kappa shape index (κ3) is 5.45. The first-order valence-electron chi connectivity index (χ1n) is 13.7. The lowest BCUT2D eigenvalue weighted by Crippen LogP contribution is -2.22. The number of halogens is 3. The molecule has 3 aromatic rings. The Hall–Kier alpha value is -3.27. The number of rotatable bonds is 6. The molecule has 2 aliphatic carbocycles.